The van der Waals surface area contributed by atoms with Crippen LogP contribution in [0.3, 0.4) is 0 Å². The maximum Gasteiger partial charge on any atom is 0.213 e. The molecule has 1 aromatic rings. The third-order valence-electron chi connectivity index (χ3n) is 3.00. The lowest BCUT2D eigenvalue weighted by atomic mass is 10.2. The maximum atomic E-state index is 6.14. The number of pyridine rings is 1. The lowest BCUT2D eigenvalue weighted by Gasteiger charge is -2.10. The van der Waals surface area contributed by atoms with Crippen LogP contribution in [-0.4, -0.2) is 30.8 Å². The van der Waals surface area contributed by atoms with E-state index in [-0.39, 0.29) is 0 Å². The second kappa shape index (κ2) is 7.81. The van der Waals surface area contributed by atoms with Gasteiger partial charge in [-0.3, -0.25) is 0 Å². The molecule has 0 atom stereocenters. The molecular formula is C15H23ClN2O2. The van der Waals surface area contributed by atoms with Crippen molar-refractivity contribution in [3.63, 3.8) is 0 Å². The Morgan fingerprint density at radius 3 is 2.90 bits per heavy atom. The fourth-order valence-electron chi connectivity index (χ4n) is 1.74. The van der Waals surface area contributed by atoms with Crippen LogP contribution in [0, 0.1) is 5.92 Å². The van der Waals surface area contributed by atoms with E-state index in [1.165, 1.54) is 12.8 Å². The first-order valence-corrected chi connectivity index (χ1v) is 7.61. The second-order valence-corrected chi connectivity index (χ2v) is 5.99. The van der Waals surface area contributed by atoms with Gasteiger partial charge in [0.2, 0.25) is 5.88 Å². The molecular weight excluding hydrogens is 276 g/mol. The number of hydrogen-bond donors (Lipinski definition) is 1. The van der Waals surface area contributed by atoms with Gasteiger partial charge in [0.25, 0.3) is 0 Å². The normalized spacial score (nSPS) is 14.8. The molecule has 112 valence electrons. The third-order valence-corrected chi connectivity index (χ3v) is 3.34. The van der Waals surface area contributed by atoms with Gasteiger partial charge in [0.05, 0.1) is 11.6 Å². The Morgan fingerprint density at radius 1 is 1.40 bits per heavy atom. The molecule has 0 bridgehead atoms. The van der Waals surface area contributed by atoms with Gasteiger partial charge >= 0.3 is 0 Å². The molecule has 4 nitrogen and oxygen atoms in total. The van der Waals surface area contributed by atoms with Crippen LogP contribution in [0.5, 0.6) is 5.88 Å². The van der Waals surface area contributed by atoms with E-state index >= 15 is 0 Å². The van der Waals surface area contributed by atoms with Crippen molar-refractivity contribution < 1.29 is 9.47 Å². The Bertz CT molecular complexity index is 422. The summed E-state index contributed by atoms with van der Waals surface area (Å²) in [6.45, 7) is 6.87. The van der Waals surface area contributed by atoms with Gasteiger partial charge in [0.15, 0.2) is 0 Å². The van der Waals surface area contributed by atoms with E-state index in [9.17, 15) is 0 Å². The minimum Gasteiger partial charge on any atom is -0.475 e. The number of aromatic nitrogens is 1. The average molecular weight is 299 g/mol. The molecule has 1 aromatic heterocycles. The van der Waals surface area contributed by atoms with Crippen LogP contribution in [0.2, 0.25) is 5.02 Å². The van der Waals surface area contributed by atoms with E-state index in [1.54, 1.807) is 6.20 Å². The van der Waals surface area contributed by atoms with E-state index in [2.05, 4.69) is 24.1 Å². The van der Waals surface area contributed by atoms with Crippen molar-refractivity contribution in [1.82, 2.24) is 10.3 Å². The molecule has 1 aliphatic carbocycles. The van der Waals surface area contributed by atoms with E-state index in [1.807, 2.05) is 6.07 Å². The number of hydrogen-bond acceptors (Lipinski definition) is 4. The highest BCUT2D eigenvalue weighted by Crippen LogP contribution is 2.23. The molecule has 0 saturated heterocycles. The molecule has 0 amide bonds. The molecule has 1 aliphatic rings. The zero-order valence-electron chi connectivity index (χ0n) is 12.2. The molecule has 5 heteroatoms. The van der Waals surface area contributed by atoms with E-state index in [0.717, 1.165) is 18.7 Å². The molecule has 0 spiro atoms. The highest BCUT2D eigenvalue weighted by molar-refractivity contribution is 6.31. The Kier molecular flexibility index (Phi) is 6.07. The summed E-state index contributed by atoms with van der Waals surface area (Å²) in [7, 11) is 0. The molecule has 0 aromatic carbocycles. The molecule has 1 heterocycles. The summed E-state index contributed by atoms with van der Waals surface area (Å²) in [5, 5.41) is 4.12. The Hall–Kier alpha value is -0.840. The summed E-state index contributed by atoms with van der Waals surface area (Å²) in [6.07, 6.45) is 4.17. The van der Waals surface area contributed by atoms with Gasteiger partial charge in [0.1, 0.15) is 6.61 Å². The minimum atomic E-state index is 0.511. The van der Waals surface area contributed by atoms with Crippen LogP contribution >= 0.6 is 11.6 Å². The van der Waals surface area contributed by atoms with Crippen molar-refractivity contribution in [2.45, 2.75) is 39.3 Å². The third kappa shape index (κ3) is 5.65. The summed E-state index contributed by atoms with van der Waals surface area (Å²) in [4.78, 5) is 4.18. The first-order chi connectivity index (χ1) is 9.65. The van der Waals surface area contributed by atoms with Gasteiger partial charge in [-0.1, -0.05) is 25.4 Å². The topological polar surface area (TPSA) is 43.4 Å². The summed E-state index contributed by atoms with van der Waals surface area (Å²) in [5.41, 5.74) is 1.03. The van der Waals surface area contributed by atoms with Crippen LogP contribution in [0.25, 0.3) is 0 Å². The molecule has 1 saturated carbocycles. The van der Waals surface area contributed by atoms with Crippen molar-refractivity contribution in [2.75, 3.05) is 19.8 Å². The predicted molar refractivity (Wildman–Crippen MR) is 80.3 cm³/mol. The van der Waals surface area contributed by atoms with Gasteiger partial charge in [-0.15, -0.1) is 0 Å². The molecule has 0 unspecified atom stereocenters. The highest BCUT2D eigenvalue weighted by atomic mass is 35.5. The summed E-state index contributed by atoms with van der Waals surface area (Å²) in [5.74, 6) is 1.15. The van der Waals surface area contributed by atoms with E-state index in [4.69, 9.17) is 21.1 Å². The number of rotatable bonds is 9. The molecule has 2 rings (SSSR count). The van der Waals surface area contributed by atoms with Crippen molar-refractivity contribution in [3.05, 3.63) is 22.8 Å². The fourth-order valence-corrected chi connectivity index (χ4v) is 1.91. The number of nitrogens with one attached hydrogen (secondary N) is 1. The maximum absolute atomic E-state index is 6.14. The highest BCUT2D eigenvalue weighted by Gasteiger charge is 2.20. The van der Waals surface area contributed by atoms with Gasteiger partial charge in [-0.2, -0.15) is 0 Å². The van der Waals surface area contributed by atoms with Gasteiger partial charge in [0, 0.05) is 31.5 Å². The number of ether oxygens (including phenoxy) is 2. The molecule has 0 aliphatic heterocycles. The monoisotopic (exact) mass is 298 g/mol. The SMILES string of the molecule is CC(C)COCCOc1cc(CNC2CC2)c(Cl)cn1. The van der Waals surface area contributed by atoms with Crippen LogP contribution < -0.4 is 10.1 Å². The van der Waals surface area contributed by atoms with Crippen LogP contribution in [0.15, 0.2) is 12.3 Å². The number of nitrogens with zero attached hydrogens (tertiary/aromatic N) is 1. The lowest BCUT2D eigenvalue weighted by Crippen LogP contribution is -2.16. The standard InChI is InChI=1S/C15H23ClN2O2/c1-11(2)10-19-5-6-20-15-7-12(14(16)9-18-15)8-17-13-3-4-13/h7,9,11,13,17H,3-6,8,10H2,1-2H3. The van der Waals surface area contributed by atoms with Crippen molar-refractivity contribution in [1.29, 1.82) is 0 Å². The van der Waals surface area contributed by atoms with Crippen molar-refractivity contribution in [3.8, 4) is 5.88 Å². The second-order valence-electron chi connectivity index (χ2n) is 5.59. The van der Waals surface area contributed by atoms with Gasteiger partial charge in [-0.25, -0.2) is 4.98 Å². The lowest BCUT2D eigenvalue weighted by molar-refractivity contribution is 0.0806. The van der Waals surface area contributed by atoms with Gasteiger partial charge in [-0.05, 0) is 24.3 Å². The molecule has 20 heavy (non-hydrogen) atoms. The van der Waals surface area contributed by atoms with E-state index < -0.39 is 0 Å². The number of halogens is 1. The average Bonchev–Trinajstić information content (AvgIpc) is 3.22. The zero-order valence-corrected chi connectivity index (χ0v) is 12.9. The quantitative estimate of drug-likeness (QED) is 0.712. The first-order valence-electron chi connectivity index (χ1n) is 7.23. The predicted octanol–water partition coefficient (Wildman–Crippen LogP) is 3.04. The molecule has 0 radical (unpaired) electrons. The molecule has 1 fully saturated rings. The van der Waals surface area contributed by atoms with Crippen molar-refractivity contribution in [2.24, 2.45) is 5.92 Å². The Labute approximate surface area is 125 Å². The summed E-state index contributed by atoms with van der Waals surface area (Å²) >= 11 is 6.14. The first kappa shape index (κ1) is 15.5. The smallest absolute Gasteiger partial charge is 0.213 e. The Balaban J connectivity index is 1.74. The fraction of sp³-hybridized carbons (Fsp3) is 0.667. The van der Waals surface area contributed by atoms with Crippen LogP contribution in [0.4, 0.5) is 0 Å². The minimum absolute atomic E-state index is 0.511. The molecule has 1 N–H and O–H groups in total. The van der Waals surface area contributed by atoms with E-state index in [0.29, 0.717) is 36.1 Å². The van der Waals surface area contributed by atoms with Crippen molar-refractivity contribution >= 4 is 11.6 Å². The van der Waals surface area contributed by atoms with Gasteiger partial charge < -0.3 is 14.8 Å². The largest absolute Gasteiger partial charge is 0.475 e. The zero-order chi connectivity index (χ0) is 14.4. The Morgan fingerprint density at radius 2 is 2.20 bits per heavy atom. The summed E-state index contributed by atoms with van der Waals surface area (Å²) in [6, 6.07) is 2.56. The van der Waals surface area contributed by atoms with Crippen LogP contribution in [0.1, 0.15) is 32.3 Å². The summed E-state index contributed by atoms with van der Waals surface area (Å²) < 4.78 is 11.1. The van der Waals surface area contributed by atoms with Crippen LogP contribution in [-0.2, 0) is 11.3 Å².